The molecule has 3 rings (SSSR count). The van der Waals surface area contributed by atoms with Gasteiger partial charge in [-0.1, -0.05) is 19.1 Å². The molecule has 0 unspecified atom stereocenters. The molecule has 0 bridgehead atoms. The average Bonchev–Trinajstić information content (AvgIpc) is 2.98. The monoisotopic (exact) mass is 575 g/mol. The van der Waals surface area contributed by atoms with Crippen LogP contribution in [-0.4, -0.2) is 95.8 Å². The van der Waals surface area contributed by atoms with Crippen molar-refractivity contribution in [2.45, 2.75) is 32.7 Å². The van der Waals surface area contributed by atoms with E-state index >= 15 is 0 Å². The highest BCUT2D eigenvalue weighted by molar-refractivity contribution is 5.98. The SMILES string of the molecule is CCCNc1nc(Nc2ccc3cnccc3c2)ncc1C(=O)NCCCNC(=O)[C@H](C)N(C)C(=O)C=CCN(C)C. The van der Waals surface area contributed by atoms with Crippen LogP contribution in [0.4, 0.5) is 17.5 Å². The molecular weight excluding hydrogens is 534 g/mol. The lowest BCUT2D eigenvalue weighted by atomic mass is 10.1. The summed E-state index contributed by atoms with van der Waals surface area (Å²) in [6.07, 6.45) is 9.64. The molecule has 224 valence electrons. The molecule has 0 aliphatic carbocycles. The van der Waals surface area contributed by atoms with Crippen molar-refractivity contribution in [3.63, 3.8) is 0 Å². The van der Waals surface area contributed by atoms with E-state index in [2.05, 4.69) is 36.2 Å². The number of benzene rings is 1. The van der Waals surface area contributed by atoms with Gasteiger partial charge in [0.05, 0.1) is 0 Å². The lowest BCUT2D eigenvalue weighted by Crippen LogP contribution is -2.46. The minimum absolute atomic E-state index is 0.238. The van der Waals surface area contributed by atoms with Crippen molar-refractivity contribution >= 4 is 45.9 Å². The van der Waals surface area contributed by atoms with Crippen molar-refractivity contribution in [3.8, 4) is 0 Å². The number of hydrogen-bond acceptors (Lipinski definition) is 9. The third-order valence-electron chi connectivity index (χ3n) is 6.45. The van der Waals surface area contributed by atoms with Gasteiger partial charge in [-0.05, 0) is 57.4 Å². The van der Waals surface area contributed by atoms with Crippen LogP contribution >= 0.6 is 0 Å². The largest absolute Gasteiger partial charge is 0.369 e. The topological polar surface area (TPSA) is 144 Å². The van der Waals surface area contributed by atoms with Gasteiger partial charge in [-0.25, -0.2) is 4.98 Å². The number of fused-ring (bicyclic) bond motifs is 1. The first-order chi connectivity index (χ1) is 20.2. The summed E-state index contributed by atoms with van der Waals surface area (Å²) in [6, 6.07) is 7.18. The molecule has 0 aliphatic rings. The van der Waals surface area contributed by atoms with E-state index in [9.17, 15) is 14.4 Å². The van der Waals surface area contributed by atoms with E-state index in [1.54, 1.807) is 32.4 Å². The maximum atomic E-state index is 12.9. The Kier molecular flexibility index (Phi) is 12.2. The Labute approximate surface area is 247 Å². The molecule has 0 saturated heterocycles. The fourth-order valence-corrected chi connectivity index (χ4v) is 3.87. The van der Waals surface area contributed by atoms with E-state index in [0.717, 1.165) is 22.9 Å². The third kappa shape index (κ3) is 9.51. The van der Waals surface area contributed by atoms with Crippen LogP contribution in [0.2, 0.25) is 0 Å². The molecular formula is C30H41N9O3. The van der Waals surface area contributed by atoms with Crippen LogP contribution < -0.4 is 21.3 Å². The van der Waals surface area contributed by atoms with E-state index in [-0.39, 0.29) is 17.7 Å². The summed E-state index contributed by atoms with van der Waals surface area (Å²) >= 11 is 0. The summed E-state index contributed by atoms with van der Waals surface area (Å²) in [7, 11) is 5.42. The third-order valence-corrected chi connectivity index (χ3v) is 6.45. The summed E-state index contributed by atoms with van der Waals surface area (Å²) in [5.41, 5.74) is 1.15. The molecule has 0 spiro atoms. The highest BCUT2D eigenvalue weighted by Gasteiger charge is 2.20. The van der Waals surface area contributed by atoms with Gasteiger partial charge in [0.25, 0.3) is 5.91 Å². The fraction of sp³-hybridized carbons (Fsp3) is 0.400. The Morgan fingerprint density at radius 3 is 2.55 bits per heavy atom. The number of hydrogen-bond donors (Lipinski definition) is 4. The van der Waals surface area contributed by atoms with Gasteiger partial charge >= 0.3 is 0 Å². The van der Waals surface area contributed by atoms with Gasteiger partial charge in [0.1, 0.15) is 17.4 Å². The molecule has 3 aromatic rings. The number of nitrogens with zero attached hydrogens (tertiary/aromatic N) is 5. The van der Waals surface area contributed by atoms with Gasteiger partial charge in [-0.15, -0.1) is 0 Å². The van der Waals surface area contributed by atoms with E-state index in [1.165, 1.54) is 17.2 Å². The lowest BCUT2D eigenvalue weighted by Gasteiger charge is -2.23. The van der Waals surface area contributed by atoms with E-state index in [0.29, 0.717) is 49.9 Å². The standard InChI is InChI=1S/C30H41N9O3/c1-6-13-32-27-25(20-35-30(37-27)36-24-11-10-23-19-31-16-12-22(23)18-24)29(42)34-15-8-14-33-28(41)21(2)39(5)26(40)9-7-17-38(3)4/h7,9-12,16,18-21H,6,8,13-15,17H2,1-5H3,(H,33,41)(H,34,42)(H2,32,35,36,37)/t21-/m0/s1. The second-order valence-electron chi connectivity index (χ2n) is 10.1. The van der Waals surface area contributed by atoms with Crippen molar-refractivity contribution in [2.24, 2.45) is 0 Å². The van der Waals surface area contributed by atoms with Crippen molar-refractivity contribution < 1.29 is 14.4 Å². The van der Waals surface area contributed by atoms with Crippen molar-refractivity contribution in [1.82, 2.24) is 35.4 Å². The zero-order chi connectivity index (χ0) is 30.5. The first-order valence-electron chi connectivity index (χ1n) is 14.0. The Hall–Kier alpha value is -4.58. The van der Waals surface area contributed by atoms with Crippen molar-refractivity contribution in [2.75, 3.05) is 58.0 Å². The van der Waals surface area contributed by atoms with Crippen molar-refractivity contribution in [3.05, 3.63) is 60.6 Å². The maximum absolute atomic E-state index is 12.9. The first kappa shape index (κ1) is 31.9. The normalized spacial score (nSPS) is 11.9. The average molecular weight is 576 g/mol. The molecule has 4 N–H and O–H groups in total. The van der Waals surface area contributed by atoms with Crippen LogP contribution in [0.15, 0.2) is 55.0 Å². The van der Waals surface area contributed by atoms with Crippen LogP contribution in [0.5, 0.6) is 0 Å². The number of rotatable bonds is 15. The molecule has 42 heavy (non-hydrogen) atoms. The van der Waals surface area contributed by atoms with Gasteiger partial charge in [0.2, 0.25) is 17.8 Å². The number of carbonyl (C=O) groups is 3. The number of likely N-dealkylation sites (N-methyl/N-ethyl adjacent to an activating group) is 2. The van der Waals surface area contributed by atoms with E-state index in [1.807, 2.05) is 50.2 Å². The number of anilines is 3. The van der Waals surface area contributed by atoms with Crippen LogP contribution in [-0.2, 0) is 9.59 Å². The second-order valence-corrected chi connectivity index (χ2v) is 10.1. The van der Waals surface area contributed by atoms with Crippen LogP contribution in [0, 0.1) is 0 Å². The van der Waals surface area contributed by atoms with Gasteiger partial charge in [0, 0.05) is 69.0 Å². The Morgan fingerprint density at radius 2 is 1.79 bits per heavy atom. The molecule has 3 amide bonds. The predicted octanol–water partition coefficient (Wildman–Crippen LogP) is 2.79. The second kappa shape index (κ2) is 16.0. The molecule has 0 aliphatic heterocycles. The first-order valence-corrected chi connectivity index (χ1v) is 14.0. The predicted molar refractivity (Wildman–Crippen MR) is 166 cm³/mol. The lowest BCUT2D eigenvalue weighted by molar-refractivity contribution is -0.135. The number of pyridine rings is 1. The zero-order valence-corrected chi connectivity index (χ0v) is 25.0. The molecule has 0 fully saturated rings. The van der Waals surface area contributed by atoms with Crippen LogP contribution in [0.1, 0.15) is 37.0 Å². The van der Waals surface area contributed by atoms with Crippen LogP contribution in [0.25, 0.3) is 10.8 Å². The molecule has 12 heteroatoms. The molecule has 12 nitrogen and oxygen atoms in total. The Morgan fingerprint density at radius 1 is 1.00 bits per heavy atom. The minimum Gasteiger partial charge on any atom is -0.369 e. The number of amides is 3. The van der Waals surface area contributed by atoms with Crippen molar-refractivity contribution in [1.29, 1.82) is 0 Å². The van der Waals surface area contributed by atoms with E-state index in [4.69, 9.17) is 0 Å². The minimum atomic E-state index is -0.626. The Balaban J connectivity index is 1.51. The molecule has 0 radical (unpaired) electrons. The highest BCUT2D eigenvalue weighted by atomic mass is 16.2. The smallest absolute Gasteiger partial charge is 0.256 e. The van der Waals surface area contributed by atoms with Crippen LogP contribution in [0.3, 0.4) is 0 Å². The summed E-state index contributed by atoms with van der Waals surface area (Å²) in [4.78, 5) is 54.1. The number of nitrogens with one attached hydrogen (secondary N) is 4. The molecule has 0 saturated carbocycles. The zero-order valence-electron chi connectivity index (χ0n) is 25.0. The molecule has 2 heterocycles. The summed E-state index contributed by atoms with van der Waals surface area (Å²) < 4.78 is 0. The molecule has 1 aromatic carbocycles. The quantitative estimate of drug-likeness (QED) is 0.159. The van der Waals surface area contributed by atoms with Gasteiger partial charge < -0.3 is 31.1 Å². The number of aromatic nitrogens is 3. The summed E-state index contributed by atoms with van der Waals surface area (Å²) in [5, 5.41) is 14.2. The summed E-state index contributed by atoms with van der Waals surface area (Å²) in [6.45, 7) is 5.68. The van der Waals surface area contributed by atoms with Gasteiger partial charge in [0.15, 0.2) is 0 Å². The Bertz CT molecular complexity index is 1390. The maximum Gasteiger partial charge on any atom is 0.256 e. The summed E-state index contributed by atoms with van der Waals surface area (Å²) in [5.74, 6) is -0.00691. The van der Waals surface area contributed by atoms with Gasteiger partial charge in [-0.2, -0.15) is 4.98 Å². The van der Waals surface area contributed by atoms with Gasteiger partial charge in [-0.3, -0.25) is 19.4 Å². The molecule has 2 aromatic heterocycles. The van der Waals surface area contributed by atoms with E-state index < -0.39 is 6.04 Å². The highest BCUT2D eigenvalue weighted by Crippen LogP contribution is 2.22. The molecule has 1 atom stereocenters. The number of carbonyl (C=O) groups excluding carboxylic acids is 3. The fourth-order valence-electron chi connectivity index (χ4n) is 3.87.